The molecule has 116 valence electrons. The van der Waals surface area contributed by atoms with E-state index in [4.69, 9.17) is 5.73 Å². The Hall–Kier alpha value is -1.92. The number of piperidine rings is 1. The maximum Gasteiger partial charge on any atom is 0.471 e. The van der Waals surface area contributed by atoms with E-state index >= 15 is 0 Å². The summed E-state index contributed by atoms with van der Waals surface area (Å²) in [7, 11) is 0. The summed E-state index contributed by atoms with van der Waals surface area (Å²) in [5.74, 6) is -1.89. The molecule has 1 aromatic carbocycles. The third-order valence-electron chi connectivity index (χ3n) is 3.61. The van der Waals surface area contributed by atoms with Gasteiger partial charge in [-0.05, 0) is 30.9 Å². The predicted octanol–water partition coefficient (Wildman–Crippen LogP) is 2.16. The van der Waals surface area contributed by atoms with E-state index < -0.39 is 12.1 Å². The fourth-order valence-corrected chi connectivity index (χ4v) is 2.56. The van der Waals surface area contributed by atoms with E-state index in [1.165, 1.54) is 0 Å². The molecule has 0 radical (unpaired) electrons. The van der Waals surface area contributed by atoms with Gasteiger partial charge in [-0.1, -0.05) is 12.1 Å². The van der Waals surface area contributed by atoms with Crippen molar-refractivity contribution in [2.45, 2.75) is 19.0 Å². The molecule has 1 heterocycles. The number of amides is 1. The van der Waals surface area contributed by atoms with Crippen LogP contribution in [0.25, 0.3) is 0 Å². The van der Waals surface area contributed by atoms with E-state index in [0.29, 0.717) is 12.2 Å². The van der Waals surface area contributed by atoms with Crippen LogP contribution in [0, 0.1) is 5.92 Å². The van der Waals surface area contributed by atoms with Gasteiger partial charge in [-0.2, -0.15) is 13.2 Å². The highest BCUT2D eigenvalue weighted by Crippen LogP contribution is 2.27. The molecule has 1 aliphatic heterocycles. The molecule has 0 aromatic heterocycles. The molecular formula is C14H18F3N3O. The van der Waals surface area contributed by atoms with Crippen molar-refractivity contribution in [2.24, 2.45) is 5.92 Å². The number of halogens is 3. The van der Waals surface area contributed by atoms with Gasteiger partial charge < -0.3 is 16.0 Å². The van der Waals surface area contributed by atoms with Gasteiger partial charge in [0.05, 0.1) is 11.4 Å². The number of para-hydroxylation sites is 2. The number of nitrogens with one attached hydrogen (secondary N) is 1. The molecule has 0 saturated carbocycles. The summed E-state index contributed by atoms with van der Waals surface area (Å²) in [5.41, 5.74) is 7.46. The van der Waals surface area contributed by atoms with Gasteiger partial charge >= 0.3 is 12.1 Å². The average Bonchev–Trinajstić information content (AvgIpc) is 2.44. The lowest BCUT2D eigenvalue weighted by molar-refractivity contribution is -0.173. The lowest BCUT2D eigenvalue weighted by atomic mass is 9.97. The average molecular weight is 301 g/mol. The molecule has 1 unspecified atom stereocenters. The van der Waals surface area contributed by atoms with Gasteiger partial charge in [-0.15, -0.1) is 0 Å². The van der Waals surface area contributed by atoms with Crippen molar-refractivity contribution in [1.29, 1.82) is 0 Å². The zero-order valence-corrected chi connectivity index (χ0v) is 11.5. The smallest absolute Gasteiger partial charge is 0.397 e. The Kier molecular flexibility index (Phi) is 4.59. The van der Waals surface area contributed by atoms with Crippen LogP contribution in [0.4, 0.5) is 24.5 Å². The Labute approximate surface area is 121 Å². The lowest BCUT2D eigenvalue weighted by Gasteiger charge is -2.35. The van der Waals surface area contributed by atoms with Gasteiger partial charge in [0, 0.05) is 19.6 Å². The minimum atomic E-state index is -4.82. The number of nitrogens with zero attached hydrogens (tertiary/aromatic N) is 1. The van der Waals surface area contributed by atoms with Crippen molar-refractivity contribution in [3.05, 3.63) is 24.3 Å². The second kappa shape index (κ2) is 6.24. The zero-order chi connectivity index (χ0) is 15.5. The predicted molar refractivity (Wildman–Crippen MR) is 74.9 cm³/mol. The molecule has 4 nitrogen and oxygen atoms in total. The van der Waals surface area contributed by atoms with Crippen LogP contribution in [-0.2, 0) is 4.79 Å². The molecular weight excluding hydrogens is 283 g/mol. The van der Waals surface area contributed by atoms with E-state index in [1.807, 2.05) is 23.5 Å². The van der Waals surface area contributed by atoms with E-state index in [2.05, 4.69) is 4.90 Å². The molecule has 1 saturated heterocycles. The fourth-order valence-electron chi connectivity index (χ4n) is 2.56. The summed E-state index contributed by atoms with van der Waals surface area (Å²) in [6.45, 7) is 1.44. The Morgan fingerprint density at radius 2 is 2.10 bits per heavy atom. The van der Waals surface area contributed by atoms with Crippen LogP contribution in [0.2, 0.25) is 0 Å². The van der Waals surface area contributed by atoms with Gasteiger partial charge in [0.1, 0.15) is 0 Å². The van der Waals surface area contributed by atoms with E-state index in [0.717, 1.165) is 25.1 Å². The second-order valence-corrected chi connectivity index (χ2v) is 5.22. The number of hydrogen-bond acceptors (Lipinski definition) is 3. The highest BCUT2D eigenvalue weighted by atomic mass is 19.4. The summed E-state index contributed by atoms with van der Waals surface area (Å²) >= 11 is 0. The molecule has 7 heteroatoms. The number of carbonyl (C=O) groups is 1. The number of alkyl halides is 3. The molecule has 1 aromatic rings. The molecule has 1 fully saturated rings. The van der Waals surface area contributed by atoms with Crippen LogP contribution in [0.1, 0.15) is 12.8 Å². The van der Waals surface area contributed by atoms with Crippen LogP contribution in [-0.4, -0.2) is 31.7 Å². The number of nitrogens with two attached hydrogens (primary N) is 1. The summed E-state index contributed by atoms with van der Waals surface area (Å²) in [6, 6.07) is 7.40. The Bertz CT molecular complexity index is 504. The highest BCUT2D eigenvalue weighted by Gasteiger charge is 2.38. The quantitative estimate of drug-likeness (QED) is 0.841. The summed E-state index contributed by atoms with van der Waals surface area (Å²) in [4.78, 5) is 12.9. The Morgan fingerprint density at radius 3 is 2.76 bits per heavy atom. The number of carbonyl (C=O) groups excluding carboxylic acids is 1. The van der Waals surface area contributed by atoms with Crippen molar-refractivity contribution < 1.29 is 18.0 Å². The van der Waals surface area contributed by atoms with Gasteiger partial charge in [0.25, 0.3) is 0 Å². The van der Waals surface area contributed by atoms with Crippen molar-refractivity contribution in [2.75, 3.05) is 30.3 Å². The molecule has 21 heavy (non-hydrogen) atoms. The van der Waals surface area contributed by atoms with Crippen molar-refractivity contribution in [3.8, 4) is 0 Å². The van der Waals surface area contributed by atoms with Crippen molar-refractivity contribution >= 4 is 17.3 Å². The van der Waals surface area contributed by atoms with Gasteiger partial charge in [-0.25, -0.2) is 0 Å². The molecule has 0 bridgehead atoms. The van der Waals surface area contributed by atoms with E-state index in [9.17, 15) is 18.0 Å². The number of rotatable bonds is 3. The first-order valence-electron chi connectivity index (χ1n) is 6.82. The molecule has 1 aliphatic rings. The summed E-state index contributed by atoms with van der Waals surface area (Å²) < 4.78 is 36.5. The molecule has 3 N–H and O–H groups in total. The van der Waals surface area contributed by atoms with E-state index in [1.54, 1.807) is 6.07 Å². The first-order valence-corrected chi connectivity index (χ1v) is 6.82. The number of hydrogen-bond donors (Lipinski definition) is 2. The number of benzene rings is 1. The summed E-state index contributed by atoms with van der Waals surface area (Å²) in [5, 5.41) is 1.96. The molecule has 1 amide bonds. The SMILES string of the molecule is Nc1ccccc1N1CCCC(CNC(=O)C(F)(F)F)C1. The van der Waals surface area contributed by atoms with Crippen LogP contribution < -0.4 is 16.0 Å². The number of anilines is 2. The van der Waals surface area contributed by atoms with Crippen molar-refractivity contribution in [3.63, 3.8) is 0 Å². The Morgan fingerprint density at radius 1 is 1.38 bits per heavy atom. The minimum absolute atomic E-state index is 0.00958. The first-order chi connectivity index (χ1) is 9.88. The standard InChI is InChI=1S/C14H18F3N3O/c15-14(16,17)13(21)19-8-10-4-3-7-20(9-10)12-6-2-1-5-11(12)18/h1-2,5-6,10H,3-4,7-9,18H2,(H,19,21). The largest absolute Gasteiger partial charge is 0.471 e. The molecule has 2 rings (SSSR count). The normalized spacial score (nSPS) is 19.4. The fraction of sp³-hybridized carbons (Fsp3) is 0.500. The minimum Gasteiger partial charge on any atom is -0.397 e. The van der Waals surface area contributed by atoms with Gasteiger partial charge in [0.15, 0.2) is 0 Å². The topological polar surface area (TPSA) is 58.4 Å². The molecule has 0 spiro atoms. The number of nitrogen functional groups attached to an aromatic ring is 1. The van der Waals surface area contributed by atoms with Crippen LogP contribution in [0.5, 0.6) is 0 Å². The van der Waals surface area contributed by atoms with Crippen LogP contribution in [0.15, 0.2) is 24.3 Å². The first kappa shape index (κ1) is 15.5. The van der Waals surface area contributed by atoms with E-state index in [-0.39, 0.29) is 12.5 Å². The summed E-state index contributed by atoms with van der Waals surface area (Å²) in [6.07, 6.45) is -3.17. The maximum absolute atomic E-state index is 12.2. The molecule has 0 aliphatic carbocycles. The highest BCUT2D eigenvalue weighted by molar-refractivity contribution is 5.81. The van der Waals surface area contributed by atoms with Gasteiger partial charge in [-0.3, -0.25) is 4.79 Å². The van der Waals surface area contributed by atoms with Crippen molar-refractivity contribution in [1.82, 2.24) is 5.32 Å². The second-order valence-electron chi connectivity index (χ2n) is 5.22. The van der Waals surface area contributed by atoms with Gasteiger partial charge in [0.2, 0.25) is 0 Å². The molecule has 1 atom stereocenters. The van der Waals surface area contributed by atoms with Crippen LogP contribution >= 0.6 is 0 Å². The Balaban J connectivity index is 1.93. The van der Waals surface area contributed by atoms with Crippen LogP contribution in [0.3, 0.4) is 0 Å². The third kappa shape index (κ3) is 4.03. The maximum atomic E-state index is 12.2. The third-order valence-corrected chi connectivity index (χ3v) is 3.61. The monoisotopic (exact) mass is 301 g/mol. The zero-order valence-electron chi connectivity index (χ0n) is 11.5. The lowest BCUT2D eigenvalue weighted by Crippen LogP contribution is -2.44.